The van der Waals surface area contributed by atoms with E-state index in [1.807, 2.05) is 18.2 Å². The fourth-order valence-corrected chi connectivity index (χ4v) is 2.29. The lowest BCUT2D eigenvalue weighted by Gasteiger charge is -2.05. The van der Waals surface area contributed by atoms with E-state index in [0.29, 0.717) is 0 Å². The quantitative estimate of drug-likeness (QED) is 0.548. The maximum atomic E-state index is 8.79. The summed E-state index contributed by atoms with van der Waals surface area (Å²) in [6, 6.07) is 12.3. The maximum absolute atomic E-state index is 8.79. The molecule has 0 heterocycles. The number of rotatable bonds is 1. The topological polar surface area (TPSA) is 29.5 Å². The van der Waals surface area contributed by atoms with Crippen molar-refractivity contribution in [3.8, 4) is 0 Å². The predicted molar refractivity (Wildman–Crippen MR) is 54.1 cm³/mol. The molecule has 0 aromatic heterocycles. The number of hydrogen-bond acceptors (Lipinski definition) is 2. The van der Waals surface area contributed by atoms with Crippen LogP contribution in [0.2, 0.25) is 0 Å². The van der Waals surface area contributed by atoms with Crippen LogP contribution in [-0.2, 0) is 11.3 Å². The zero-order valence-corrected chi connectivity index (χ0v) is 7.60. The van der Waals surface area contributed by atoms with Crippen LogP contribution in [-0.4, -0.2) is 5.26 Å². The molecule has 1 aliphatic rings. The minimum atomic E-state index is -0.184. The van der Waals surface area contributed by atoms with E-state index >= 15 is 0 Å². The highest BCUT2D eigenvalue weighted by Crippen LogP contribution is 2.38. The summed E-state index contributed by atoms with van der Waals surface area (Å²) in [5.41, 5.74) is 2.36. The average Bonchev–Trinajstić information content (AvgIpc) is 2.60. The Labute approximate surface area is 81.7 Å². The molecule has 70 valence electrons. The van der Waals surface area contributed by atoms with E-state index in [1.54, 1.807) is 0 Å². The Morgan fingerprint density at radius 2 is 1.93 bits per heavy atom. The minimum Gasteiger partial charge on any atom is -0.251 e. The summed E-state index contributed by atoms with van der Waals surface area (Å²) in [5.74, 6) is 0. The van der Waals surface area contributed by atoms with Crippen LogP contribution in [0.4, 0.5) is 0 Å². The SMILES string of the molecule is OO[C@H]1Cc2cccc3cccc1c23. The van der Waals surface area contributed by atoms with Crippen LogP contribution in [0.1, 0.15) is 17.2 Å². The summed E-state index contributed by atoms with van der Waals surface area (Å²) in [5, 5.41) is 11.3. The second kappa shape index (κ2) is 2.80. The van der Waals surface area contributed by atoms with Crippen molar-refractivity contribution in [2.75, 3.05) is 0 Å². The van der Waals surface area contributed by atoms with Gasteiger partial charge in [-0.05, 0) is 21.9 Å². The Hall–Kier alpha value is -1.38. The molecule has 0 radical (unpaired) electrons. The number of benzene rings is 2. The highest BCUT2D eigenvalue weighted by molar-refractivity contribution is 5.91. The fourth-order valence-electron chi connectivity index (χ4n) is 2.29. The molecule has 0 amide bonds. The van der Waals surface area contributed by atoms with Crippen molar-refractivity contribution in [1.29, 1.82) is 0 Å². The van der Waals surface area contributed by atoms with Gasteiger partial charge in [-0.2, -0.15) is 0 Å². The molecule has 3 rings (SSSR count). The standard InChI is InChI=1S/C12H10O2/c13-14-11-7-9-5-1-3-8-4-2-6-10(11)12(8)9/h1-6,11,13H,7H2/t11-/m0/s1. The predicted octanol–water partition coefficient (Wildman–Crippen LogP) is 2.93. The van der Waals surface area contributed by atoms with Gasteiger partial charge in [0.15, 0.2) is 0 Å². The molecular formula is C12H10O2. The van der Waals surface area contributed by atoms with E-state index in [9.17, 15) is 0 Å². The van der Waals surface area contributed by atoms with Gasteiger partial charge in [0.05, 0.1) is 0 Å². The van der Waals surface area contributed by atoms with Crippen LogP contribution in [0.3, 0.4) is 0 Å². The molecule has 2 heteroatoms. The smallest absolute Gasteiger partial charge is 0.122 e. The molecule has 2 aromatic carbocycles. The van der Waals surface area contributed by atoms with Crippen molar-refractivity contribution in [3.05, 3.63) is 47.5 Å². The zero-order chi connectivity index (χ0) is 9.54. The van der Waals surface area contributed by atoms with Gasteiger partial charge in [-0.3, -0.25) is 5.26 Å². The Bertz CT molecular complexity index is 485. The largest absolute Gasteiger partial charge is 0.251 e. The second-order valence-electron chi connectivity index (χ2n) is 3.66. The second-order valence-corrected chi connectivity index (χ2v) is 3.66. The van der Waals surface area contributed by atoms with E-state index < -0.39 is 0 Å². The van der Waals surface area contributed by atoms with Gasteiger partial charge in [0.2, 0.25) is 0 Å². The molecule has 0 saturated carbocycles. The first-order valence-electron chi connectivity index (χ1n) is 4.71. The lowest BCUT2D eigenvalue weighted by Crippen LogP contribution is -1.98. The lowest BCUT2D eigenvalue weighted by atomic mass is 10.1. The first kappa shape index (κ1) is 7.97. The van der Waals surface area contributed by atoms with Gasteiger partial charge < -0.3 is 0 Å². The van der Waals surface area contributed by atoms with E-state index in [-0.39, 0.29) is 6.10 Å². The van der Waals surface area contributed by atoms with Crippen molar-refractivity contribution in [2.24, 2.45) is 0 Å². The van der Waals surface area contributed by atoms with Gasteiger partial charge >= 0.3 is 0 Å². The van der Waals surface area contributed by atoms with E-state index in [1.165, 1.54) is 16.3 Å². The summed E-state index contributed by atoms with van der Waals surface area (Å²) < 4.78 is 0. The molecule has 0 saturated heterocycles. The third-order valence-corrected chi connectivity index (χ3v) is 2.90. The van der Waals surface area contributed by atoms with Crippen molar-refractivity contribution in [1.82, 2.24) is 0 Å². The first-order valence-corrected chi connectivity index (χ1v) is 4.71. The number of hydrogen-bond donors (Lipinski definition) is 1. The average molecular weight is 186 g/mol. The molecule has 14 heavy (non-hydrogen) atoms. The molecule has 1 atom stereocenters. The zero-order valence-electron chi connectivity index (χ0n) is 7.60. The molecule has 0 spiro atoms. The third kappa shape index (κ3) is 0.924. The van der Waals surface area contributed by atoms with E-state index in [0.717, 1.165) is 12.0 Å². The van der Waals surface area contributed by atoms with E-state index in [2.05, 4.69) is 23.1 Å². The van der Waals surface area contributed by atoms with Gasteiger partial charge in [-0.15, -0.1) is 0 Å². The van der Waals surface area contributed by atoms with Gasteiger partial charge in [-0.25, -0.2) is 4.89 Å². The molecule has 0 bridgehead atoms. The Morgan fingerprint density at radius 3 is 2.71 bits per heavy atom. The Morgan fingerprint density at radius 1 is 1.14 bits per heavy atom. The van der Waals surface area contributed by atoms with Crippen LogP contribution >= 0.6 is 0 Å². The third-order valence-electron chi connectivity index (χ3n) is 2.90. The van der Waals surface area contributed by atoms with Crippen LogP contribution in [0.15, 0.2) is 36.4 Å². The lowest BCUT2D eigenvalue weighted by molar-refractivity contribution is -0.280. The van der Waals surface area contributed by atoms with Gasteiger partial charge in [0.1, 0.15) is 6.10 Å². The van der Waals surface area contributed by atoms with Gasteiger partial charge in [-0.1, -0.05) is 36.4 Å². The summed E-state index contributed by atoms with van der Waals surface area (Å²) in [7, 11) is 0. The fraction of sp³-hybridized carbons (Fsp3) is 0.167. The highest BCUT2D eigenvalue weighted by Gasteiger charge is 2.24. The molecule has 0 aliphatic heterocycles. The summed E-state index contributed by atoms with van der Waals surface area (Å²) >= 11 is 0. The van der Waals surface area contributed by atoms with Crippen LogP contribution < -0.4 is 0 Å². The van der Waals surface area contributed by atoms with Crippen LogP contribution in [0.25, 0.3) is 10.8 Å². The maximum Gasteiger partial charge on any atom is 0.122 e. The van der Waals surface area contributed by atoms with Crippen molar-refractivity contribution in [2.45, 2.75) is 12.5 Å². The molecule has 2 nitrogen and oxygen atoms in total. The monoisotopic (exact) mass is 186 g/mol. The summed E-state index contributed by atoms with van der Waals surface area (Å²) in [6.45, 7) is 0. The van der Waals surface area contributed by atoms with Crippen LogP contribution in [0, 0.1) is 0 Å². The molecular weight excluding hydrogens is 176 g/mol. The molecule has 2 aromatic rings. The summed E-state index contributed by atoms with van der Waals surface area (Å²) in [4.78, 5) is 4.48. The molecule has 1 N–H and O–H groups in total. The van der Waals surface area contributed by atoms with E-state index in [4.69, 9.17) is 5.26 Å². The van der Waals surface area contributed by atoms with Crippen molar-refractivity contribution in [3.63, 3.8) is 0 Å². The summed E-state index contributed by atoms with van der Waals surface area (Å²) in [6.07, 6.45) is 0.587. The molecule has 1 aliphatic carbocycles. The first-order chi connectivity index (χ1) is 6.90. The normalized spacial score (nSPS) is 19.1. The van der Waals surface area contributed by atoms with Crippen LogP contribution in [0.5, 0.6) is 0 Å². The molecule has 0 unspecified atom stereocenters. The molecule has 0 fully saturated rings. The Kier molecular flexibility index (Phi) is 1.60. The highest BCUT2D eigenvalue weighted by atomic mass is 17.1. The Balaban J connectivity index is 2.38. The van der Waals surface area contributed by atoms with Crippen molar-refractivity contribution < 1.29 is 10.1 Å². The van der Waals surface area contributed by atoms with Gasteiger partial charge in [0.25, 0.3) is 0 Å². The minimum absolute atomic E-state index is 0.184. The van der Waals surface area contributed by atoms with Gasteiger partial charge in [0, 0.05) is 6.42 Å². The van der Waals surface area contributed by atoms with Crippen molar-refractivity contribution >= 4 is 10.8 Å².